The number of aromatic nitrogens is 1. The Morgan fingerprint density at radius 1 is 1.12 bits per heavy atom. The average molecular weight is 371 g/mol. The summed E-state index contributed by atoms with van der Waals surface area (Å²) >= 11 is 5.90. The number of halogens is 2. The van der Waals surface area contributed by atoms with E-state index in [9.17, 15) is 9.18 Å². The molecular formula is C20H16ClFN2O2. The molecule has 0 unspecified atom stereocenters. The van der Waals surface area contributed by atoms with Crippen molar-refractivity contribution in [3.8, 4) is 5.75 Å². The summed E-state index contributed by atoms with van der Waals surface area (Å²) in [6, 6.07) is 17.0. The zero-order valence-corrected chi connectivity index (χ0v) is 14.5. The first-order valence-electron chi connectivity index (χ1n) is 7.97. The van der Waals surface area contributed by atoms with Gasteiger partial charge in [-0.1, -0.05) is 35.9 Å². The number of ether oxygens (including phenoxy) is 1. The molecule has 0 fully saturated rings. The van der Waals surface area contributed by atoms with Crippen molar-refractivity contribution in [2.24, 2.45) is 0 Å². The molecule has 0 aliphatic heterocycles. The molecule has 0 radical (unpaired) electrons. The van der Waals surface area contributed by atoms with Crippen molar-refractivity contribution in [3.63, 3.8) is 0 Å². The van der Waals surface area contributed by atoms with Crippen LogP contribution in [0.1, 0.15) is 21.6 Å². The van der Waals surface area contributed by atoms with E-state index in [2.05, 4.69) is 10.3 Å². The van der Waals surface area contributed by atoms with E-state index in [0.717, 1.165) is 11.3 Å². The van der Waals surface area contributed by atoms with Crippen molar-refractivity contribution < 1.29 is 13.9 Å². The number of carbonyl (C=O) groups is 1. The Hall–Kier alpha value is -2.92. The molecule has 0 spiro atoms. The molecule has 26 heavy (non-hydrogen) atoms. The molecule has 0 aliphatic carbocycles. The molecule has 4 nitrogen and oxygen atoms in total. The van der Waals surface area contributed by atoms with Crippen LogP contribution in [0.15, 0.2) is 66.9 Å². The van der Waals surface area contributed by atoms with Gasteiger partial charge in [0.1, 0.15) is 18.2 Å². The molecule has 1 N–H and O–H groups in total. The minimum Gasteiger partial charge on any atom is -0.487 e. The quantitative estimate of drug-likeness (QED) is 0.700. The van der Waals surface area contributed by atoms with Gasteiger partial charge in [-0.3, -0.25) is 9.78 Å². The number of amides is 1. The smallest absolute Gasteiger partial charge is 0.256 e. The highest BCUT2D eigenvalue weighted by molar-refractivity contribution is 6.33. The molecule has 0 bridgehead atoms. The van der Waals surface area contributed by atoms with Crippen LogP contribution in [0.4, 0.5) is 4.39 Å². The van der Waals surface area contributed by atoms with E-state index in [4.69, 9.17) is 16.3 Å². The van der Waals surface area contributed by atoms with Crippen LogP contribution in [0.3, 0.4) is 0 Å². The summed E-state index contributed by atoms with van der Waals surface area (Å²) in [6.07, 6.45) is 1.71. The second-order valence-corrected chi connectivity index (χ2v) is 5.94. The summed E-state index contributed by atoms with van der Waals surface area (Å²) in [7, 11) is 0. The van der Waals surface area contributed by atoms with Gasteiger partial charge in [-0.05, 0) is 42.0 Å². The van der Waals surface area contributed by atoms with Crippen LogP contribution < -0.4 is 10.1 Å². The molecule has 1 amide bonds. The largest absolute Gasteiger partial charge is 0.487 e. The van der Waals surface area contributed by atoms with E-state index in [1.54, 1.807) is 6.20 Å². The van der Waals surface area contributed by atoms with Gasteiger partial charge in [0.15, 0.2) is 0 Å². The second-order valence-electron chi connectivity index (χ2n) is 5.54. The van der Waals surface area contributed by atoms with E-state index >= 15 is 0 Å². The number of carbonyl (C=O) groups excluding carboxylic acids is 1. The Morgan fingerprint density at radius 3 is 2.73 bits per heavy atom. The van der Waals surface area contributed by atoms with Crippen LogP contribution in [0.2, 0.25) is 5.02 Å². The summed E-state index contributed by atoms with van der Waals surface area (Å²) in [5.74, 6) is -0.554. The highest BCUT2D eigenvalue weighted by Gasteiger charge is 2.15. The zero-order valence-electron chi connectivity index (χ0n) is 13.8. The minimum absolute atomic E-state index is 0.0787. The number of rotatable bonds is 6. The van der Waals surface area contributed by atoms with Gasteiger partial charge in [0.05, 0.1) is 16.3 Å². The monoisotopic (exact) mass is 370 g/mol. The van der Waals surface area contributed by atoms with Gasteiger partial charge in [-0.15, -0.1) is 0 Å². The van der Waals surface area contributed by atoms with Crippen LogP contribution in [-0.4, -0.2) is 10.9 Å². The predicted molar refractivity (Wildman–Crippen MR) is 97.6 cm³/mol. The molecular weight excluding hydrogens is 355 g/mol. The summed E-state index contributed by atoms with van der Waals surface area (Å²) in [5.41, 5.74) is 1.49. The van der Waals surface area contributed by atoms with Crippen molar-refractivity contribution in [1.82, 2.24) is 10.3 Å². The first-order valence-corrected chi connectivity index (χ1v) is 8.35. The van der Waals surface area contributed by atoms with E-state index in [1.165, 1.54) is 18.2 Å². The van der Waals surface area contributed by atoms with Crippen LogP contribution in [0.5, 0.6) is 5.75 Å². The third-order valence-corrected chi connectivity index (χ3v) is 3.97. The lowest BCUT2D eigenvalue weighted by Crippen LogP contribution is -2.24. The fourth-order valence-electron chi connectivity index (χ4n) is 2.37. The Labute approximate surface area is 155 Å². The second kappa shape index (κ2) is 8.45. The van der Waals surface area contributed by atoms with E-state index in [0.29, 0.717) is 12.4 Å². The maximum Gasteiger partial charge on any atom is 0.256 e. The van der Waals surface area contributed by atoms with Gasteiger partial charge in [-0.25, -0.2) is 4.39 Å². The van der Waals surface area contributed by atoms with Crippen LogP contribution in [-0.2, 0) is 13.2 Å². The Balaban J connectivity index is 1.61. The Kier molecular flexibility index (Phi) is 5.81. The lowest BCUT2D eigenvalue weighted by molar-refractivity contribution is 0.0947. The summed E-state index contributed by atoms with van der Waals surface area (Å²) < 4.78 is 19.5. The number of hydrogen-bond acceptors (Lipinski definition) is 3. The lowest BCUT2D eigenvalue weighted by Gasteiger charge is -2.10. The summed E-state index contributed by atoms with van der Waals surface area (Å²) in [5, 5.41) is 2.75. The zero-order chi connectivity index (χ0) is 18.4. The first kappa shape index (κ1) is 17.9. The molecule has 0 saturated heterocycles. The number of hydrogen-bond donors (Lipinski definition) is 1. The van der Waals surface area contributed by atoms with Crippen molar-refractivity contribution in [2.45, 2.75) is 13.2 Å². The SMILES string of the molecule is O=C(NCc1cccc(OCc2ccccn2)c1)c1c(F)cccc1Cl. The van der Waals surface area contributed by atoms with Gasteiger partial charge in [0, 0.05) is 12.7 Å². The van der Waals surface area contributed by atoms with Crippen LogP contribution >= 0.6 is 11.6 Å². The van der Waals surface area contributed by atoms with Gasteiger partial charge in [0.25, 0.3) is 5.91 Å². The highest BCUT2D eigenvalue weighted by Crippen LogP contribution is 2.19. The predicted octanol–water partition coefficient (Wildman–Crippen LogP) is 4.38. The Morgan fingerprint density at radius 2 is 1.96 bits per heavy atom. The van der Waals surface area contributed by atoms with Crippen molar-refractivity contribution in [2.75, 3.05) is 0 Å². The standard InChI is InChI=1S/C20H16ClFN2O2/c21-17-8-4-9-18(22)19(17)20(25)24-12-14-5-3-7-16(11-14)26-13-15-6-1-2-10-23-15/h1-11H,12-13H2,(H,24,25). The number of nitrogens with zero attached hydrogens (tertiary/aromatic N) is 1. The molecule has 132 valence electrons. The molecule has 3 rings (SSSR count). The Bertz CT molecular complexity index is 883. The van der Waals surface area contributed by atoms with Crippen molar-refractivity contribution in [1.29, 1.82) is 0 Å². The highest BCUT2D eigenvalue weighted by atomic mass is 35.5. The summed E-state index contributed by atoms with van der Waals surface area (Å²) in [6.45, 7) is 0.575. The third-order valence-electron chi connectivity index (χ3n) is 3.65. The van der Waals surface area contributed by atoms with Gasteiger partial charge in [0.2, 0.25) is 0 Å². The fraction of sp³-hybridized carbons (Fsp3) is 0.100. The van der Waals surface area contributed by atoms with Gasteiger partial charge >= 0.3 is 0 Å². The minimum atomic E-state index is -0.651. The van der Waals surface area contributed by atoms with Crippen LogP contribution in [0.25, 0.3) is 0 Å². The molecule has 2 aromatic carbocycles. The molecule has 1 aromatic heterocycles. The van der Waals surface area contributed by atoms with Gasteiger partial charge in [-0.2, -0.15) is 0 Å². The number of pyridine rings is 1. The first-order chi connectivity index (χ1) is 12.6. The molecule has 1 heterocycles. The normalized spacial score (nSPS) is 10.4. The maximum atomic E-state index is 13.8. The van der Waals surface area contributed by atoms with E-state index in [1.807, 2.05) is 42.5 Å². The van der Waals surface area contributed by atoms with Crippen LogP contribution in [0, 0.1) is 5.82 Å². The van der Waals surface area contributed by atoms with E-state index in [-0.39, 0.29) is 17.1 Å². The average Bonchev–Trinajstić information content (AvgIpc) is 2.66. The van der Waals surface area contributed by atoms with Crippen molar-refractivity contribution >= 4 is 17.5 Å². The maximum absolute atomic E-state index is 13.8. The molecule has 3 aromatic rings. The molecule has 6 heteroatoms. The van der Waals surface area contributed by atoms with Gasteiger partial charge < -0.3 is 10.1 Å². The molecule has 0 atom stereocenters. The lowest BCUT2D eigenvalue weighted by atomic mass is 10.1. The molecule has 0 saturated carbocycles. The number of nitrogens with one attached hydrogen (secondary N) is 1. The third kappa shape index (κ3) is 4.58. The topological polar surface area (TPSA) is 51.2 Å². The summed E-state index contributed by atoms with van der Waals surface area (Å²) in [4.78, 5) is 16.4. The van der Waals surface area contributed by atoms with Crippen molar-refractivity contribution in [3.05, 3.63) is 94.5 Å². The molecule has 0 aliphatic rings. The fourth-order valence-corrected chi connectivity index (χ4v) is 2.62. The van der Waals surface area contributed by atoms with E-state index < -0.39 is 11.7 Å². The number of benzene rings is 2.